The van der Waals surface area contributed by atoms with Crippen LogP contribution in [-0.4, -0.2) is 37.4 Å². The first-order chi connectivity index (χ1) is 7.82. The third-order valence-corrected chi connectivity index (χ3v) is 2.40. The number of thiocarbonyl (C=S) groups is 1. The Balaban J connectivity index is 2.94. The van der Waals surface area contributed by atoms with Gasteiger partial charge in [-0.3, -0.25) is 4.79 Å². The molecule has 1 atom stereocenters. The molecule has 0 saturated carbocycles. The number of carbonyl (C=O) groups is 1. The lowest BCUT2D eigenvalue weighted by atomic mass is 10.1. The van der Waals surface area contributed by atoms with Crippen molar-refractivity contribution in [1.82, 2.24) is 5.32 Å². The zero-order chi connectivity index (χ0) is 13.2. The number of phenols is 3. The molecule has 1 aromatic rings. The Morgan fingerprint density at radius 1 is 1.29 bits per heavy atom. The van der Waals surface area contributed by atoms with Crippen LogP contribution in [0.15, 0.2) is 12.1 Å². The standard InChI is InChI=1S/C10H11NO5S/c1-4(10(15)16)11-9(17)5-2-6(12)8(14)7(13)3-5/h2-4,12-14H,1H3,(H,11,17)(H,15,16)/t4-/m1/s1. The predicted octanol–water partition coefficient (Wildman–Crippen LogP) is 0.542. The molecular weight excluding hydrogens is 246 g/mol. The molecule has 1 rings (SSSR count). The molecule has 1 aromatic carbocycles. The highest BCUT2D eigenvalue weighted by Crippen LogP contribution is 2.35. The first-order valence-electron chi connectivity index (χ1n) is 4.61. The SMILES string of the molecule is C[C@@H](NC(=S)c1cc(O)c(O)c(O)c1)C(=O)O. The van der Waals surface area contributed by atoms with E-state index in [4.69, 9.17) is 22.4 Å². The van der Waals surface area contributed by atoms with Gasteiger partial charge in [-0.15, -0.1) is 0 Å². The number of phenolic OH excluding ortho intramolecular Hbond substituents is 3. The van der Waals surface area contributed by atoms with Crippen molar-refractivity contribution in [1.29, 1.82) is 0 Å². The van der Waals surface area contributed by atoms with Gasteiger partial charge in [-0.25, -0.2) is 0 Å². The van der Waals surface area contributed by atoms with Crippen LogP contribution in [0.2, 0.25) is 0 Å². The van der Waals surface area contributed by atoms with Gasteiger partial charge in [0, 0.05) is 5.56 Å². The summed E-state index contributed by atoms with van der Waals surface area (Å²) in [6.45, 7) is 1.40. The van der Waals surface area contributed by atoms with E-state index < -0.39 is 29.3 Å². The molecule has 0 aliphatic rings. The molecule has 0 heterocycles. The van der Waals surface area contributed by atoms with Crippen molar-refractivity contribution in [3.8, 4) is 17.2 Å². The fraction of sp³-hybridized carbons (Fsp3) is 0.200. The van der Waals surface area contributed by atoms with E-state index in [1.807, 2.05) is 0 Å². The van der Waals surface area contributed by atoms with Crippen molar-refractivity contribution in [3.63, 3.8) is 0 Å². The molecule has 0 aliphatic carbocycles. The van der Waals surface area contributed by atoms with Crippen LogP contribution in [0, 0.1) is 0 Å². The molecule has 0 fully saturated rings. The van der Waals surface area contributed by atoms with E-state index in [2.05, 4.69) is 5.32 Å². The smallest absolute Gasteiger partial charge is 0.325 e. The normalized spacial score (nSPS) is 11.8. The minimum atomic E-state index is -1.08. The zero-order valence-corrected chi connectivity index (χ0v) is 9.65. The molecule has 0 radical (unpaired) electrons. The lowest BCUT2D eigenvalue weighted by Gasteiger charge is -2.12. The van der Waals surface area contributed by atoms with Crippen LogP contribution in [0.5, 0.6) is 17.2 Å². The second kappa shape index (κ2) is 4.88. The first kappa shape index (κ1) is 13.0. The number of hydrogen-bond donors (Lipinski definition) is 5. The largest absolute Gasteiger partial charge is 0.504 e. The predicted molar refractivity (Wildman–Crippen MR) is 63.4 cm³/mol. The molecular formula is C10H11NO5S. The van der Waals surface area contributed by atoms with Crippen LogP contribution in [-0.2, 0) is 4.79 Å². The molecule has 0 amide bonds. The Labute approximate surface area is 102 Å². The van der Waals surface area contributed by atoms with Gasteiger partial charge in [0.15, 0.2) is 17.2 Å². The van der Waals surface area contributed by atoms with Gasteiger partial charge in [-0.2, -0.15) is 0 Å². The number of nitrogens with one attached hydrogen (secondary N) is 1. The molecule has 5 N–H and O–H groups in total. The van der Waals surface area contributed by atoms with Crippen LogP contribution in [0.25, 0.3) is 0 Å². The zero-order valence-electron chi connectivity index (χ0n) is 8.84. The first-order valence-corrected chi connectivity index (χ1v) is 5.02. The van der Waals surface area contributed by atoms with E-state index in [0.29, 0.717) is 0 Å². The number of aromatic hydroxyl groups is 3. The summed E-state index contributed by atoms with van der Waals surface area (Å²) in [7, 11) is 0. The van der Waals surface area contributed by atoms with Gasteiger partial charge in [-0.05, 0) is 19.1 Å². The molecule has 0 spiro atoms. The van der Waals surface area contributed by atoms with Gasteiger partial charge >= 0.3 is 5.97 Å². The summed E-state index contributed by atoms with van der Waals surface area (Å²) >= 11 is 4.90. The molecule has 92 valence electrons. The Kier molecular flexibility index (Phi) is 3.74. The second-order valence-electron chi connectivity index (χ2n) is 3.40. The van der Waals surface area contributed by atoms with Gasteiger partial charge in [0.05, 0.1) is 0 Å². The summed E-state index contributed by atoms with van der Waals surface area (Å²) in [4.78, 5) is 10.6. The lowest BCUT2D eigenvalue weighted by molar-refractivity contribution is -0.138. The topological polar surface area (TPSA) is 110 Å². The van der Waals surface area contributed by atoms with Crippen LogP contribution >= 0.6 is 12.2 Å². The summed E-state index contributed by atoms with van der Waals surface area (Å²) in [6, 6.07) is 1.35. The van der Waals surface area contributed by atoms with E-state index >= 15 is 0 Å². The van der Waals surface area contributed by atoms with Gasteiger partial charge in [0.25, 0.3) is 0 Å². The number of benzene rings is 1. The summed E-state index contributed by atoms with van der Waals surface area (Å²) in [6.07, 6.45) is 0. The van der Waals surface area contributed by atoms with Gasteiger partial charge in [0.2, 0.25) is 0 Å². The third-order valence-electron chi connectivity index (χ3n) is 2.05. The maximum absolute atomic E-state index is 10.6. The molecule has 17 heavy (non-hydrogen) atoms. The molecule has 0 aliphatic heterocycles. The van der Waals surface area contributed by atoms with E-state index in [-0.39, 0.29) is 10.6 Å². The average molecular weight is 257 g/mol. The number of aliphatic carboxylic acids is 1. The minimum absolute atomic E-state index is 0.0468. The van der Waals surface area contributed by atoms with Crippen molar-refractivity contribution in [3.05, 3.63) is 17.7 Å². The molecule has 0 aromatic heterocycles. The van der Waals surface area contributed by atoms with Crippen molar-refractivity contribution >= 4 is 23.2 Å². The third kappa shape index (κ3) is 2.97. The molecule has 0 bridgehead atoms. The highest BCUT2D eigenvalue weighted by atomic mass is 32.1. The fourth-order valence-electron chi connectivity index (χ4n) is 1.08. The average Bonchev–Trinajstić information content (AvgIpc) is 2.24. The van der Waals surface area contributed by atoms with Gasteiger partial charge < -0.3 is 25.7 Å². The molecule has 0 unspecified atom stereocenters. The van der Waals surface area contributed by atoms with E-state index in [1.165, 1.54) is 6.92 Å². The number of carboxylic acid groups (broad SMARTS) is 1. The Bertz CT molecular complexity index is 451. The Morgan fingerprint density at radius 2 is 1.76 bits per heavy atom. The van der Waals surface area contributed by atoms with Crippen LogP contribution in [0.3, 0.4) is 0 Å². The van der Waals surface area contributed by atoms with E-state index in [1.54, 1.807) is 0 Å². The number of hydrogen-bond acceptors (Lipinski definition) is 5. The summed E-state index contributed by atoms with van der Waals surface area (Å²) in [5.41, 5.74) is 0.209. The van der Waals surface area contributed by atoms with Gasteiger partial charge in [0.1, 0.15) is 11.0 Å². The monoisotopic (exact) mass is 257 g/mol. The summed E-state index contributed by atoms with van der Waals surface area (Å²) < 4.78 is 0. The maximum atomic E-state index is 10.6. The van der Waals surface area contributed by atoms with Crippen LogP contribution < -0.4 is 5.32 Å². The Morgan fingerprint density at radius 3 is 2.18 bits per heavy atom. The van der Waals surface area contributed by atoms with Crippen molar-refractivity contribution in [2.45, 2.75) is 13.0 Å². The maximum Gasteiger partial charge on any atom is 0.325 e. The van der Waals surface area contributed by atoms with Crippen molar-refractivity contribution in [2.75, 3.05) is 0 Å². The number of carboxylic acids is 1. The highest BCUT2D eigenvalue weighted by Gasteiger charge is 2.15. The van der Waals surface area contributed by atoms with Crippen molar-refractivity contribution < 1.29 is 25.2 Å². The van der Waals surface area contributed by atoms with Crippen LogP contribution in [0.4, 0.5) is 0 Å². The Hall–Kier alpha value is -2.02. The fourth-order valence-corrected chi connectivity index (χ4v) is 1.37. The van der Waals surface area contributed by atoms with Crippen LogP contribution in [0.1, 0.15) is 12.5 Å². The molecule has 0 saturated heterocycles. The summed E-state index contributed by atoms with van der Waals surface area (Å²) in [5.74, 6) is -2.80. The second-order valence-corrected chi connectivity index (χ2v) is 3.80. The highest BCUT2D eigenvalue weighted by molar-refractivity contribution is 7.80. The minimum Gasteiger partial charge on any atom is -0.504 e. The quantitative estimate of drug-likeness (QED) is 0.397. The van der Waals surface area contributed by atoms with E-state index in [9.17, 15) is 15.0 Å². The van der Waals surface area contributed by atoms with E-state index in [0.717, 1.165) is 12.1 Å². The number of rotatable bonds is 3. The molecule has 7 heteroatoms. The van der Waals surface area contributed by atoms with Gasteiger partial charge in [-0.1, -0.05) is 12.2 Å². The van der Waals surface area contributed by atoms with Crippen molar-refractivity contribution in [2.24, 2.45) is 0 Å². The lowest BCUT2D eigenvalue weighted by Crippen LogP contribution is -2.37. The molecule has 6 nitrogen and oxygen atoms in total. The summed E-state index contributed by atoms with van der Waals surface area (Å²) in [5, 5.41) is 38.8.